The van der Waals surface area contributed by atoms with E-state index in [1.54, 1.807) is 0 Å². The lowest BCUT2D eigenvalue weighted by molar-refractivity contribution is 0.0300. The van der Waals surface area contributed by atoms with E-state index in [-0.39, 0.29) is 24.0 Å². The van der Waals surface area contributed by atoms with Gasteiger partial charge >= 0.3 is 0 Å². The zero-order valence-corrected chi connectivity index (χ0v) is 20.4. The number of likely N-dealkylation sites (tertiary alicyclic amines) is 1. The van der Waals surface area contributed by atoms with E-state index in [0.717, 1.165) is 38.6 Å². The van der Waals surface area contributed by atoms with Crippen LogP contribution in [0, 0.1) is 11.8 Å². The van der Waals surface area contributed by atoms with Crippen molar-refractivity contribution in [2.45, 2.75) is 39.9 Å². The van der Waals surface area contributed by atoms with E-state index >= 15 is 0 Å². The number of hydrogen-bond acceptors (Lipinski definition) is 4. The Morgan fingerprint density at radius 1 is 1.24 bits per heavy atom. The van der Waals surface area contributed by atoms with Crippen molar-refractivity contribution in [3.63, 3.8) is 0 Å². The molecule has 0 aromatic heterocycles. The van der Waals surface area contributed by atoms with Gasteiger partial charge in [-0.05, 0) is 24.8 Å². The van der Waals surface area contributed by atoms with E-state index in [1.807, 2.05) is 18.2 Å². The molecule has 0 spiro atoms. The zero-order valence-electron chi connectivity index (χ0n) is 18.0. The smallest absolute Gasteiger partial charge is 0.194 e. The van der Waals surface area contributed by atoms with E-state index in [1.165, 1.54) is 5.56 Å². The Bertz CT molecular complexity index is 572. The SMILES string of the molecule is CCNC(=NCC(O)COCC(C)C)N1CCC(COCc2ccccc2)C1.I. The molecule has 1 saturated heterocycles. The fourth-order valence-corrected chi connectivity index (χ4v) is 3.19. The molecule has 6 nitrogen and oxygen atoms in total. The Morgan fingerprint density at radius 3 is 2.69 bits per heavy atom. The highest BCUT2D eigenvalue weighted by Crippen LogP contribution is 2.17. The summed E-state index contributed by atoms with van der Waals surface area (Å²) >= 11 is 0. The number of nitrogens with one attached hydrogen (secondary N) is 1. The third kappa shape index (κ3) is 10.6. The van der Waals surface area contributed by atoms with Gasteiger partial charge < -0.3 is 24.8 Å². The average Bonchev–Trinajstić information content (AvgIpc) is 3.14. The molecule has 29 heavy (non-hydrogen) atoms. The number of aliphatic hydroxyl groups is 1. The van der Waals surface area contributed by atoms with E-state index in [4.69, 9.17) is 9.47 Å². The largest absolute Gasteiger partial charge is 0.389 e. The Balaban J connectivity index is 0.00000420. The maximum absolute atomic E-state index is 10.1. The number of halogens is 1. The molecule has 0 radical (unpaired) electrons. The van der Waals surface area contributed by atoms with Crippen molar-refractivity contribution in [2.24, 2.45) is 16.8 Å². The van der Waals surface area contributed by atoms with E-state index in [0.29, 0.717) is 38.2 Å². The van der Waals surface area contributed by atoms with Gasteiger partial charge in [-0.3, -0.25) is 4.99 Å². The second-order valence-electron chi connectivity index (χ2n) is 7.88. The third-order valence-electron chi connectivity index (χ3n) is 4.60. The van der Waals surface area contributed by atoms with Gasteiger partial charge in [0.1, 0.15) is 0 Å². The van der Waals surface area contributed by atoms with Gasteiger partial charge in [-0.2, -0.15) is 0 Å². The van der Waals surface area contributed by atoms with Crippen LogP contribution >= 0.6 is 24.0 Å². The molecule has 1 heterocycles. The molecule has 0 aliphatic carbocycles. The number of benzene rings is 1. The van der Waals surface area contributed by atoms with E-state index in [9.17, 15) is 5.11 Å². The van der Waals surface area contributed by atoms with Gasteiger partial charge in [0.2, 0.25) is 0 Å². The van der Waals surface area contributed by atoms with Crippen LogP contribution in [0.2, 0.25) is 0 Å². The number of rotatable bonds is 11. The standard InChI is InChI=1S/C22H37N3O3.HI/c1-4-23-22(24-12-21(26)17-27-14-18(2)3)25-11-10-20(13-25)16-28-15-19-8-6-5-7-9-19;/h5-9,18,20-21,26H,4,10-17H2,1-3H3,(H,23,24);1H. The average molecular weight is 519 g/mol. The topological polar surface area (TPSA) is 66.3 Å². The van der Waals surface area contributed by atoms with Crippen LogP contribution in [0.5, 0.6) is 0 Å². The lowest BCUT2D eigenvalue weighted by Gasteiger charge is -2.22. The molecule has 1 aromatic carbocycles. The van der Waals surface area contributed by atoms with Crippen molar-refractivity contribution in [3.8, 4) is 0 Å². The number of aliphatic hydroxyl groups excluding tert-OH is 1. The summed E-state index contributed by atoms with van der Waals surface area (Å²) in [7, 11) is 0. The van der Waals surface area contributed by atoms with Crippen LogP contribution in [-0.4, -0.2) is 68.1 Å². The van der Waals surface area contributed by atoms with Crippen LogP contribution in [0.25, 0.3) is 0 Å². The molecule has 1 aliphatic rings. The number of aliphatic imine (C=N–C) groups is 1. The normalized spacial score (nSPS) is 18.0. The summed E-state index contributed by atoms with van der Waals surface area (Å²) in [5.41, 5.74) is 1.21. The molecule has 0 bridgehead atoms. The summed E-state index contributed by atoms with van der Waals surface area (Å²) in [5, 5.41) is 13.4. The maximum atomic E-state index is 10.1. The molecule has 2 unspecified atom stereocenters. The molecule has 1 aliphatic heterocycles. The number of nitrogens with zero attached hydrogens (tertiary/aromatic N) is 2. The summed E-state index contributed by atoms with van der Waals surface area (Å²) < 4.78 is 11.4. The lowest BCUT2D eigenvalue weighted by Crippen LogP contribution is -2.41. The predicted molar refractivity (Wildman–Crippen MR) is 129 cm³/mol. The van der Waals surface area contributed by atoms with Crippen molar-refractivity contribution in [1.29, 1.82) is 0 Å². The molecule has 1 fully saturated rings. The highest BCUT2D eigenvalue weighted by Gasteiger charge is 2.25. The summed E-state index contributed by atoms with van der Waals surface area (Å²) in [4.78, 5) is 6.88. The molecule has 166 valence electrons. The minimum absolute atomic E-state index is 0. The lowest BCUT2D eigenvalue weighted by atomic mass is 10.1. The first-order valence-electron chi connectivity index (χ1n) is 10.5. The Kier molecular flexibility index (Phi) is 13.5. The van der Waals surface area contributed by atoms with Crippen molar-refractivity contribution in [1.82, 2.24) is 10.2 Å². The Morgan fingerprint density at radius 2 is 2.00 bits per heavy atom. The molecule has 0 saturated carbocycles. The van der Waals surface area contributed by atoms with Crippen LogP contribution in [0.4, 0.5) is 0 Å². The third-order valence-corrected chi connectivity index (χ3v) is 4.60. The fourth-order valence-electron chi connectivity index (χ4n) is 3.19. The van der Waals surface area contributed by atoms with Crippen LogP contribution in [0.3, 0.4) is 0 Å². The van der Waals surface area contributed by atoms with Gasteiger partial charge in [0, 0.05) is 32.2 Å². The zero-order chi connectivity index (χ0) is 20.2. The molecule has 2 rings (SSSR count). The second-order valence-corrected chi connectivity index (χ2v) is 7.88. The van der Waals surface area contributed by atoms with Gasteiger partial charge in [-0.25, -0.2) is 0 Å². The van der Waals surface area contributed by atoms with Gasteiger partial charge in [0.25, 0.3) is 0 Å². The maximum Gasteiger partial charge on any atom is 0.194 e. The van der Waals surface area contributed by atoms with Crippen LogP contribution < -0.4 is 5.32 Å². The summed E-state index contributed by atoms with van der Waals surface area (Å²) in [6.45, 7) is 11.7. The number of guanidine groups is 1. The first-order chi connectivity index (χ1) is 13.6. The minimum Gasteiger partial charge on any atom is -0.389 e. The summed E-state index contributed by atoms with van der Waals surface area (Å²) in [6, 6.07) is 10.3. The molecule has 2 atom stereocenters. The quantitative estimate of drug-likeness (QED) is 0.267. The highest BCUT2D eigenvalue weighted by molar-refractivity contribution is 14.0. The molecule has 1 aromatic rings. The van der Waals surface area contributed by atoms with Gasteiger partial charge in [-0.1, -0.05) is 44.2 Å². The van der Waals surface area contributed by atoms with Crippen LogP contribution in [0.15, 0.2) is 35.3 Å². The Labute approximate surface area is 193 Å². The second kappa shape index (κ2) is 15.0. The number of ether oxygens (including phenoxy) is 2. The molecular weight excluding hydrogens is 481 g/mol. The molecule has 2 N–H and O–H groups in total. The first kappa shape index (κ1) is 26.1. The van der Waals surface area contributed by atoms with Crippen LogP contribution in [0.1, 0.15) is 32.8 Å². The highest BCUT2D eigenvalue weighted by atomic mass is 127. The van der Waals surface area contributed by atoms with Crippen molar-refractivity contribution < 1.29 is 14.6 Å². The van der Waals surface area contributed by atoms with Crippen molar-refractivity contribution in [2.75, 3.05) is 46.0 Å². The molecule has 7 heteroatoms. The monoisotopic (exact) mass is 519 g/mol. The summed E-state index contributed by atoms with van der Waals surface area (Å²) in [6.07, 6.45) is 0.527. The van der Waals surface area contributed by atoms with Gasteiger partial charge in [-0.15, -0.1) is 24.0 Å². The van der Waals surface area contributed by atoms with Gasteiger partial charge in [0.05, 0.1) is 32.5 Å². The molecular formula is C22H38IN3O3. The van der Waals surface area contributed by atoms with Crippen molar-refractivity contribution in [3.05, 3.63) is 35.9 Å². The first-order valence-corrected chi connectivity index (χ1v) is 10.5. The molecule has 0 amide bonds. The van der Waals surface area contributed by atoms with Gasteiger partial charge in [0.15, 0.2) is 5.96 Å². The van der Waals surface area contributed by atoms with E-state index in [2.05, 4.69) is 48.1 Å². The minimum atomic E-state index is -0.569. The predicted octanol–water partition coefficient (Wildman–Crippen LogP) is 3.14. The Hall–Kier alpha value is -0.900. The fraction of sp³-hybridized carbons (Fsp3) is 0.682. The summed E-state index contributed by atoms with van der Waals surface area (Å²) in [5.74, 6) is 1.85. The van der Waals surface area contributed by atoms with Crippen LogP contribution in [-0.2, 0) is 16.1 Å². The van der Waals surface area contributed by atoms with Crippen molar-refractivity contribution >= 4 is 29.9 Å². The van der Waals surface area contributed by atoms with E-state index < -0.39 is 6.10 Å². The number of hydrogen-bond donors (Lipinski definition) is 2.